The molecule has 182 valence electrons. The topological polar surface area (TPSA) is 34.1 Å². The molecule has 0 bridgehead atoms. The van der Waals surface area contributed by atoms with Gasteiger partial charge in [-0.15, -0.1) is 6.58 Å². The Morgan fingerprint density at radius 2 is 1.44 bits per heavy atom. The van der Waals surface area contributed by atoms with Gasteiger partial charge in [-0.2, -0.15) is 0 Å². The van der Waals surface area contributed by atoms with E-state index in [1.165, 1.54) is 64.2 Å². The fourth-order valence-corrected chi connectivity index (χ4v) is 10.4. The van der Waals surface area contributed by atoms with Gasteiger partial charge in [0.05, 0.1) is 0 Å². The number of hydrogen-bond donors (Lipinski definition) is 0. The molecule has 0 aromatic heterocycles. The SMILES string of the molecule is C=CC.C=O.CC1(C)C(=O)CCC2(C)C1CCC1(C)C3CCC4(C)CCC[C@@H]4C3CCC12. The zero-order valence-corrected chi connectivity index (χ0v) is 22.0. The molecule has 0 N–H and O–H groups in total. The van der Waals surface area contributed by atoms with Crippen LogP contribution in [0.4, 0.5) is 0 Å². The van der Waals surface area contributed by atoms with E-state index in [9.17, 15) is 4.79 Å². The Morgan fingerprint density at radius 3 is 2.09 bits per heavy atom. The van der Waals surface area contributed by atoms with E-state index >= 15 is 0 Å². The van der Waals surface area contributed by atoms with Gasteiger partial charge in [0.25, 0.3) is 0 Å². The minimum Gasteiger partial charge on any atom is -0.307 e. The fourth-order valence-electron chi connectivity index (χ4n) is 10.4. The fraction of sp³-hybridized carbons (Fsp3) is 0.867. The first-order valence-electron chi connectivity index (χ1n) is 13.4. The highest BCUT2D eigenvalue weighted by molar-refractivity contribution is 5.85. The number of fused-ring (bicyclic) bond motifs is 7. The van der Waals surface area contributed by atoms with E-state index in [2.05, 4.69) is 41.2 Å². The van der Waals surface area contributed by atoms with E-state index in [0.29, 0.717) is 27.9 Å². The molecular weight excluding hydrogens is 392 g/mol. The zero-order valence-electron chi connectivity index (χ0n) is 22.0. The highest BCUT2D eigenvalue weighted by Crippen LogP contribution is 2.72. The summed E-state index contributed by atoms with van der Waals surface area (Å²) >= 11 is 0. The lowest BCUT2D eigenvalue weighted by Crippen LogP contribution is -2.62. The number of ketones is 1. The maximum absolute atomic E-state index is 12.7. The van der Waals surface area contributed by atoms with Gasteiger partial charge in [0.15, 0.2) is 0 Å². The predicted molar refractivity (Wildman–Crippen MR) is 134 cm³/mol. The summed E-state index contributed by atoms with van der Waals surface area (Å²) in [5, 5.41) is 0. The van der Waals surface area contributed by atoms with Crippen molar-refractivity contribution in [3.63, 3.8) is 0 Å². The lowest BCUT2D eigenvalue weighted by atomic mass is 9.36. The van der Waals surface area contributed by atoms with E-state index in [0.717, 1.165) is 30.1 Å². The van der Waals surface area contributed by atoms with Crippen molar-refractivity contribution in [3.8, 4) is 0 Å². The Balaban J connectivity index is 0.000000536. The average Bonchev–Trinajstić information content (AvgIpc) is 3.15. The van der Waals surface area contributed by atoms with Gasteiger partial charge in [0.2, 0.25) is 0 Å². The molecule has 5 fully saturated rings. The van der Waals surface area contributed by atoms with E-state index in [1.807, 2.05) is 13.7 Å². The molecule has 0 aliphatic heterocycles. The molecule has 2 nitrogen and oxygen atoms in total. The summed E-state index contributed by atoms with van der Waals surface area (Å²) in [5.74, 6) is 4.99. The van der Waals surface area contributed by atoms with Crippen LogP contribution in [0.5, 0.6) is 0 Å². The van der Waals surface area contributed by atoms with Crippen LogP contribution >= 0.6 is 0 Å². The summed E-state index contributed by atoms with van der Waals surface area (Å²) in [4.78, 5) is 20.7. The summed E-state index contributed by atoms with van der Waals surface area (Å²) in [6.07, 6.45) is 16.9. The maximum Gasteiger partial charge on any atom is 0.138 e. The number of carbonyl (C=O) groups is 2. The van der Waals surface area contributed by atoms with Crippen molar-refractivity contribution in [2.75, 3.05) is 0 Å². The second-order valence-corrected chi connectivity index (χ2v) is 13.2. The van der Waals surface area contributed by atoms with Crippen molar-refractivity contribution < 1.29 is 9.59 Å². The third-order valence-electron chi connectivity index (χ3n) is 11.7. The third-order valence-corrected chi connectivity index (χ3v) is 11.7. The lowest BCUT2D eigenvalue weighted by Gasteiger charge is -2.68. The second kappa shape index (κ2) is 9.03. The molecule has 7 unspecified atom stereocenters. The van der Waals surface area contributed by atoms with E-state index < -0.39 is 0 Å². The van der Waals surface area contributed by atoms with Crippen LogP contribution in [-0.2, 0) is 9.59 Å². The first-order valence-corrected chi connectivity index (χ1v) is 13.4. The predicted octanol–water partition coefficient (Wildman–Crippen LogP) is 8.05. The van der Waals surface area contributed by atoms with Crippen molar-refractivity contribution in [2.24, 2.45) is 51.2 Å². The van der Waals surface area contributed by atoms with Crippen LogP contribution < -0.4 is 0 Å². The van der Waals surface area contributed by atoms with Crippen LogP contribution in [0.15, 0.2) is 12.7 Å². The molecule has 0 aromatic carbocycles. The van der Waals surface area contributed by atoms with Crippen LogP contribution in [0.25, 0.3) is 0 Å². The van der Waals surface area contributed by atoms with E-state index in [4.69, 9.17) is 4.79 Å². The lowest BCUT2D eigenvalue weighted by molar-refractivity contribution is -0.195. The molecule has 0 aromatic rings. The summed E-state index contributed by atoms with van der Waals surface area (Å²) in [6, 6.07) is 0. The largest absolute Gasteiger partial charge is 0.307 e. The maximum atomic E-state index is 12.7. The number of hydrogen-bond acceptors (Lipinski definition) is 2. The summed E-state index contributed by atoms with van der Waals surface area (Å²) < 4.78 is 0. The average molecular weight is 443 g/mol. The number of rotatable bonds is 0. The van der Waals surface area contributed by atoms with E-state index in [-0.39, 0.29) is 5.41 Å². The molecule has 0 radical (unpaired) electrons. The van der Waals surface area contributed by atoms with Gasteiger partial charge >= 0.3 is 0 Å². The molecule has 5 saturated carbocycles. The molecule has 5 aliphatic rings. The Bertz CT molecular complexity index is 710. The quantitative estimate of drug-likeness (QED) is 0.356. The van der Waals surface area contributed by atoms with Gasteiger partial charge in [0.1, 0.15) is 12.6 Å². The minimum atomic E-state index is -0.0955. The molecule has 32 heavy (non-hydrogen) atoms. The van der Waals surface area contributed by atoms with Crippen molar-refractivity contribution >= 4 is 12.6 Å². The molecular formula is C30H50O2. The molecule has 0 spiro atoms. The summed E-state index contributed by atoms with van der Waals surface area (Å²) in [5.41, 5.74) is 1.51. The minimum absolute atomic E-state index is 0.0955. The van der Waals surface area contributed by atoms with Gasteiger partial charge in [0, 0.05) is 11.8 Å². The number of allylic oxidation sites excluding steroid dienone is 1. The van der Waals surface area contributed by atoms with Gasteiger partial charge in [-0.25, -0.2) is 0 Å². The smallest absolute Gasteiger partial charge is 0.138 e. The molecule has 5 rings (SSSR count). The van der Waals surface area contributed by atoms with Crippen molar-refractivity contribution in [2.45, 2.75) is 112 Å². The van der Waals surface area contributed by atoms with Crippen molar-refractivity contribution in [1.29, 1.82) is 0 Å². The van der Waals surface area contributed by atoms with Gasteiger partial charge < -0.3 is 4.79 Å². The standard InChI is InChI=1S/C26H42O.C3H6.CH2O/c1-23(2)20-11-15-25(4)19-10-14-24(3)13-6-7-18(24)17(19)8-9-21(25)26(20,5)16-12-22(23)27;1-3-2;1-2/h17-21H,6-16H2,1-5H3;3H,1H2,2H3;1H2/t17?,18-,19?,20?,21?,24?,25?,26?;;/m1../s1. The highest BCUT2D eigenvalue weighted by atomic mass is 16.1. The molecule has 5 aliphatic carbocycles. The second-order valence-electron chi connectivity index (χ2n) is 13.2. The molecule has 0 amide bonds. The van der Waals surface area contributed by atoms with Crippen molar-refractivity contribution in [3.05, 3.63) is 12.7 Å². The first kappa shape index (κ1) is 25.7. The molecule has 0 saturated heterocycles. The van der Waals surface area contributed by atoms with Gasteiger partial charge in [-0.05, 0) is 111 Å². The Hall–Kier alpha value is -0.920. The Kier molecular flexibility index (Phi) is 7.25. The van der Waals surface area contributed by atoms with Crippen LogP contribution in [0.1, 0.15) is 112 Å². The number of carbonyl (C=O) groups excluding carboxylic acids is 2. The third kappa shape index (κ3) is 3.67. The molecule has 0 heterocycles. The molecule has 2 heteroatoms. The Labute approximate surface area is 198 Å². The first-order chi connectivity index (χ1) is 15.0. The van der Waals surface area contributed by atoms with E-state index in [1.54, 1.807) is 6.08 Å². The number of Topliss-reactive ketones (excluding diaryl/α,β-unsaturated/α-hetero) is 1. The zero-order chi connectivity index (χ0) is 23.9. The van der Waals surface area contributed by atoms with Gasteiger partial charge in [-0.3, -0.25) is 4.79 Å². The monoisotopic (exact) mass is 442 g/mol. The van der Waals surface area contributed by atoms with Crippen LogP contribution in [0.3, 0.4) is 0 Å². The normalized spacial score (nSPS) is 48.3. The Morgan fingerprint density at radius 1 is 0.781 bits per heavy atom. The molecule has 8 atom stereocenters. The van der Waals surface area contributed by atoms with Crippen LogP contribution in [-0.4, -0.2) is 12.6 Å². The summed E-state index contributed by atoms with van der Waals surface area (Å²) in [7, 11) is 0. The summed E-state index contributed by atoms with van der Waals surface area (Å²) in [6.45, 7) is 19.7. The van der Waals surface area contributed by atoms with Crippen LogP contribution in [0.2, 0.25) is 0 Å². The van der Waals surface area contributed by atoms with Crippen molar-refractivity contribution in [1.82, 2.24) is 0 Å². The highest BCUT2D eigenvalue weighted by Gasteiger charge is 2.65. The van der Waals surface area contributed by atoms with Gasteiger partial charge in [-0.1, -0.05) is 47.1 Å². The van der Waals surface area contributed by atoms with Crippen LogP contribution in [0, 0.1) is 51.2 Å².